The molecule has 1 aromatic heterocycles. The Morgan fingerprint density at radius 2 is 2.14 bits per heavy atom. The van der Waals surface area contributed by atoms with E-state index in [2.05, 4.69) is 31.4 Å². The summed E-state index contributed by atoms with van der Waals surface area (Å²) in [7, 11) is 0. The highest BCUT2D eigenvalue weighted by Crippen LogP contribution is 2.18. The summed E-state index contributed by atoms with van der Waals surface area (Å²) in [6.07, 6.45) is 0. The molecule has 14 heavy (non-hydrogen) atoms. The van der Waals surface area contributed by atoms with Crippen molar-refractivity contribution >= 4 is 39.3 Å². The number of hydrogen-bond donors (Lipinski definition) is 1. The largest absolute Gasteiger partial charge is 0.308 e. The maximum atomic E-state index is 11.5. The van der Waals surface area contributed by atoms with Gasteiger partial charge in [-0.3, -0.25) is 4.79 Å². The Morgan fingerprint density at radius 1 is 1.50 bits per heavy atom. The molecule has 1 rings (SSSR count). The summed E-state index contributed by atoms with van der Waals surface area (Å²) >= 11 is 8.77. The molecule has 76 valence electrons. The smallest absolute Gasteiger partial charge is 0.241 e. The predicted octanol–water partition coefficient (Wildman–Crippen LogP) is 2.24. The molecule has 0 atom stereocenters. The zero-order valence-corrected chi connectivity index (χ0v) is 10.1. The average molecular weight is 279 g/mol. The lowest BCUT2D eigenvalue weighted by atomic mass is 10.2. The summed E-state index contributed by atoms with van der Waals surface area (Å²) in [6.45, 7) is 3.48. The van der Waals surface area contributed by atoms with E-state index in [-0.39, 0.29) is 5.91 Å². The molecule has 0 saturated heterocycles. The van der Waals surface area contributed by atoms with Crippen LogP contribution in [0.1, 0.15) is 13.8 Å². The minimum Gasteiger partial charge on any atom is -0.308 e. The highest BCUT2D eigenvalue weighted by molar-refractivity contribution is 9.10. The second-order valence-corrected chi connectivity index (χ2v) is 5.54. The Balaban J connectivity index is 2.71. The number of halogens is 2. The minimum absolute atomic E-state index is 0.186. The van der Waals surface area contributed by atoms with Gasteiger partial charge in [0.2, 0.25) is 5.91 Å². The Labute approximate surface area is 95.2 Å². The van der Waals surface area contributed by atoms with Gasteiger partial charge in [-0.1, -0.05) is 27.5 Å². The van der Waals surface area contributed by atoms with E-state index in [0.717, 1.165) is 0 Å². The lowest BCUT2D eigenvalue weighted by Crippen LogP contribution is -2.31. The molecule has 0 radical (unpaired) electrons. The fraction of sp³-hybridized carbons (Fsp3) is 0.375. The molecule has 1 aromatic rings. The van der Waals surface area contributed by atoms with Crippen molar-refractivity contribution in [1.29, 1.82) is 0 Å². The monoisotopic (exact) mass is 277 g/mol. The molecule has 1 amide bonds. The zero-order valence-electron chi connectivity index (χ0n) is 7.71. The summed E-state index contributed by atoms with van der Waals surface area (Å²) in [5.74, 6) is 0.195. The average Bonchev–Trinajstić information content (AvgIpc) is 2.07. The SMILES string of the molecule is CC(C)(Br)C(=O)Nc1ccc(Cl)nn1. The van der Waals surface area contributed by atoms with Crippen LogP contribution in [0.3, 0.4) is 0 Å². The van der Waals surface area contributed by atoms with E-state index in [1.807, 2.05) is 0 Å². The lowest BCUT2D eigenvalue weighted by molar-refractivity contribution is -0.117. The first-order valence-corrected chi connectivity index (χ1v) is 5.06. The second kappa shape index (κ2) is 4.23. The third-order valence-corrected chi connectivity index (χ3v) is 1.98. The number of alkyl halides is 1. The first kappa shape index (κ1) is 11.4. The summed E-state index contributed by atoms with van der Waals surface area (Å²) < 4.78 is -0.631. The third kappa shape index (κ3) is 3.23. The molecule has 0 bridgehead atoms. The van der Waals surface area contributed by atoms with Gasteiger partial charge in [0.15, 0.2) is 11.0 Å². The van der Waals surface area contributed by atoms with Crippen LogP contribution in [-0.2, 0) is 4.79 Å². The van der Waals surface area contributed by atoms with Crippen LogP contribution in [0.15, 0.2) is 12.1 Å². The number of hydrogen-bond acceptors (Lipinski definition) is 3. The molecule has 0 fully saturated rings. The van der Waals surface area contributed by atoms with E-state index in [4.69, 9.17) is 11.6 Å². The van der Waals surface area contributed by atoms with E-state index in [1.54, 1.807) is 26.0 Å². The van der Waals surface area contributed by atoms with Crippen LogP contribution in [0.25, 0.3) is 0 Å². The lowest BCUT2D eigenvalue weighted by Gasteiger charge is -2.14. The van der Waals surface area contributed by atoms with Crippen molar-refractivity contribution in [2.75, 3.05) is 5.32 Å². The van der Waals surface area contributed by atoms with Gasteiger partial charge in [0.25, 0.3) is 0 Å². The molecule has 1 N–H and O–H groups in total. The molecule has 1 heterocycles. The molecule has 0 aliphatic carbocycles. The summed E-state index contributed by atoms with van der Waals surface area (Å²) in [5.41, 5.74) is 0. The Kier molecular flexibility index (Phi) is 3.44. The predicted molar refractivity (Wildman–Crippen MR) is 58.7 cm³/mol. The maximum absolute atomic E-state index is 11.5. The van der Waals surface area contributed by atoms with E-state index in [1.165, 1.54) is 0 Å². The number of carbonyl (C=O) groups is 1. The van der Waals surface area contributed by atoms with Gasteiger partial charge in [0.05, 0.1) is 4.32 Å². The number of rotatable bonds is 2. The van der Waals surface area contributed by atoms with Gasteiger partial charge >= 0.3 is 0 Å². The van der Waals surface area contributed by atoms with Crippen LogP contribution < -0.4 is 5.32 Å². The third-order valence-electron chi connectivity index (χ3n) is 1.41. The molecule has 4 nitrogen and oxygen atoms in total. The molecule has 0 aromatic carbocycles. The van der Waals surface area contributed by atoms with Crippen LogP contribution in [-0.4, -0.2) is 20.4 Å². The standard InChI is InChI=1S/C8H9BrClN3O/c1-8(2,9)7(14)11-6-4-3-5(10)12-13-6/h3-4H,1-2H3,(H,11,13,14). The summed E-state index contributed by atoms with van der Waals surface area (Å²) in [5, 5.41) is 10.2. The zero-order chi connectivity index (χ0) is 10.8. The molecular weight excluding hydrogens is 269 g/mol. The summed E-state index contributed by atoms with van der Waals surface area (Å²) in [4.78, 5) is 11.5. The van der Waals surface area contributed by atoms with Crippen molar-refractivity contribution in [3.05, 3.63) is 17.3 Å². The van der Waals surface area contributed by atoms with E-state index in [9.17, 15) is 4.79 Å². The van der Waals surface area contributed by atoms with Gasteiger partial charge in [-0.2, -0.15) is 0 Å². The van der Waals surface area contributed by atoms with E-state index in [0.29, 0.717) is 11.0 Å². The Hall–Kier alpha value is -0.680. The van der Waals surface area contributed by atoms with Gasteiger partial charge in [0, 0.05) is 0 Å². The number of nitrogens with zero attached hydrogens (tertiary/aromatic N) is 2. The topological polar surface area (TPSA) is 54.9 Å². The fourth-order valence-corrected chi connectivity index (χ4v) is 0.848. The molecule has 0 unspecified atom stereocenters. The number of aromatic nitrogens is 2. The molecule has 0 aliphatic rings. The van der Waals surface area contributed by atoms with Crippen molar-refractivity contribution in [2.45, 2.75) is 18.2 Å². The first-order chi connectivity index (χ1) is 6.39. The van der Waals surface area contributed by atoms with E-state index < -0.39 is 4.32 Å². The van der Waals surface area contributed by atoms with Gasteiger partial charge in [-0.25, -0.2) is 0 Å². The number of anilines is 1. The normalized spacial score (nSPS) is 11.1. The van der Waals surface area contributed by atoms with Crippen LogP contribution in [0.2, 0.25) is 5.15 Å². The quantitative estimate of drug-likeness (QED) is 0.844. The van der Waals surface area contributed by atoms with Crippen molar-refractivity contribution in [3.8, 4) is 0 Å². The van der Waals surface area contributed by atoms with E-state index >= 15 is 0 Å². The Bertz CT molecular complexity index is 333. The highest BCUT2D eigenvalue weighted by Gasteiger charge is 2.23. The highest BCUT2D eigenvalue weighted by atomic mass is 79.9. The van der Waals surface area contributed by atoms with Crippen LogP contribution >= 0.6 is 27.5 Å². The van der Waals surface area contributed by atoms with Crippen LogP contribution in [0.4, 0.5) is 5.82 Å². The maximum Gasteiger partial charge on any atom is 0.241 e. The number of amides is 1. The van der Waals surface area contributed by atoms with Gasteiger partial charge in [0.1, 0.15) is 0 Å². The molecule has 0 aliphatic heterocycles. The number of carbonyl (C=O) groups excluding carboxylic acids is 1. The fourth-order valence-electron chi connectivity index (χ4n) is 0.648. The second-order valence-electron chi connectivity index (χ2n) is 3.17. The van der Waals surface area contributed by atoms with Crippen LogP contribution in [0.5, 0.6) is 0 Å². The van der Waals surface area contributed by atoms with Crippen molar-refractivity contribution in [2.24, 2.45) is 0 Å². The van der Waals surface area contributed by atoms with Crippen molar-refractivity contribution < 1.29 is 4.79 Å². The first-order valence-electron chi connectivity index (χ1n) is 3.89. The molecule has 0 saturated carbocycles. The van der Waals surface area contributed by atoms with Crippen LogP contribution in [0, 0.1) is 0 Å². The van der Waals surface area contributed by atoms with Crippen molar-refractivity contribution in [1.82, 2.24) is 10.2 Å². The Morgan fingerprint density at radius 3 is 2.57 bits per heavy atom. The molecule has 0 spiro atoms. The van der Waals surface area contributed by atoms with Gasteiger partial charge in [-0.15, -0.1) is 10.2 Å². The molecule has 6 heteroatoms. The summed E-state index contributed by atoms with van der Waals surface area (Å²) in [6, 6.07) is 3.15. The number of nitrogens with one attached hydrogen (secondary N) is 1. The van der Waals surface area contributed by atoms with Gasteiger partial charge < -0.3 is 5.32 Å². The van der Waals surface area contributed by atoms with Gasteiger partial charge in [-0.05, 0) is 26.0 Å². The van der Waals surface area contributed by atoms with Crippen molar-refractivity contribution in [3.63, 3.8) is 0 Å². The molecular formula is C8H9BrClN3O. The minimum atomic E-state index is -0.631.